The van der Waals surface area contributed by atoms with E-state index in [2.05, 4.69) is 9.93 Å². The zero-order chi connectivity index (χ0) is 19.1. The van der Waals surface area contributed by atoms with Gasteiger partial charge in [-0.05, 0) is 41.5 Å². The Balaban J connectivity index is 1.63. The van der Waals surface area contributed by atoms with Gasteiger partial charge in [0.05, 0.1) is 16.1 Å². The van der Waals surface area contributed by atoms with Gasteiger partial charge in [0, 0.05) is 0 Å². The molecule has 0 saturated heterocycles. The van der Waals surface area contributed by atoms with Crippen molar-refractivity contribution >= 4 is 27.8 Å². The van der Waals surface area contributed by atoms with E-state index < -0.39 is 10.0 Å². The molecule has 0 bridgehead atoms. The summed E-state index contributed by atoms with van der Waals surface area (Å²) < 4.78 is 29.9. The van der Waals surface area contributed by atoms with Gasteiger partial charge >= 0.3 is 0 Å². The first-order valence-corrected chi connectivity index (χ1v) is 9.97. The van der Waals surface area contributed by atoms with Crippen molar-refractivity contribution < 1.29 is 13.2 Å². The SMILES string of the molecule is O=S(=O)(NN=Cc1ccc(OCc2ccccc2)c(Cl)c1)c1ccccc1. The molecule has 0 atom stereocenters. The van der Waals surface area contributed by atoms with Crippen LogP contribution in [0.25, 0.3) is 0 Å². The Morgan fingerprint density at radius 2 is 1.63 bits per heavy atom. The monoisotopic (exact) mass is 400 g/mol. The maximum Gasteiger partial charge on any atom is 0.276 e. The minimum absolute atomic E-state index is 0.143. The topological polar surface area (TPSA) is 67.8 Å². The van der Waals surface area contributed by atoms with Crippen LogP contribution < -0.4 is 9.57 Å². The first-order valence-electron chi connectivity index (χ1n) is 8.11. The Morgan fingerprint density at radius 1 is 0.963 bits per heavy atom. The van der Waals surface area contributed by atoms with Crippen LogP contribution in [0.1, 0.15) is 11.1 Å². The molecule has 0 aromatic heterocycles. The van der Waals surface area contributed by atoms with Crippen LogP contribution in [-0.4, -0.2) is 14.6 Å². The van der Waals surface area contributed by atoms with E-state index >= 15 is 0 Å². The van der Waals surface area contributed by atoms with Crippen LogP contribution in [0.5, 0.6) is 5.75 Å². The van der Waals surface area contributed by atoms with Gasteiger partial charge in [0.15, 0.2) is 0 Å². The zero-order valence-corrected chi connectivity index (χ0v) is 15.8. The molecule has 0 amide bonds. The van der Waals surface area contributed by atoms with Gasteiger partial charge in [-0.1, -0.05) is 60.1 Å². The lowest BCUT2D eigenvalue weighted by atomic mass is 10.2. The first kappa shape index (κ1) is 18.9. The van der Waals surface area contributed by atoms with Gasteiger partial charge in [0.25, 0.3) is 10.0 Å². The second-order valence-electron chi connectivity index (χ2n) is 5.63. The van der Waals surface area contributed by atoms with E-state index in [4.69, 9.17) is 16.3 Å². The lowest BCUT2D eigenvalue weighted by Gasteiger charge is -2.08. The lowest BCUT2D eigenvalue weighted by molar-refractivity contribution is 0.306. The van der Waals surface area contributed by atoms with E-state index in [9.17, 15) is 8.42 Å². The number of nitrogens with one attached hydrogen (secondary N) is 1. The van der Waals surface area contributed by atoms with Gasteiger partial charge in [-0.3, -0.25) is 0 Å². The molecular weight excluding hydrogens is 384 g/mol. The van der Waals surface area contributed by atoms with E-state index in [1.165, 1.54) is 18.3 Å². The summed E-state index contributed by atoms with van der Waals surface area (Å²) in [5.41, 5.74) is 1.68. The average molecular weight is 401 g/mol. The number of benzene rings is 3. The van der Waals surface area contributed by atoms with Crippen LogP contribution in [0.3, 0.4) is 0 Å². The molecule has 138 valence electrons. The molecule has 27 heavy (non-hydrogen) atoms. The van der Waals surface area contributed by atoms with Crippen molar-refractivity contribution in [1.29, 1.82) is 0 Å². The summed E-state index contributed by atoms with van der Waals surface area (Å²) in [6.45, 7) is 0.408. The number of hydrogen-bond donors (Lipinski definition) is 1. The van der Waals surface area contributed by atoms with Crippen LogP contribution in [-0.2, 0) is 16.6 Å². The summed E-state index contributed by atoms with van der Waals surface area (Å²) in [5, 5.41) is 4.21. The largest absolute Gasteiger partial charge is 0.487 e. The molecule has 0 aliphatic heterocycles. The Labute approximate surface area is 163 Å². The van der Waals surface area contributed by atoms with Crippen LogP contribution >= 0.6 is 11.6 Å². The fraction of sp³-hybridized carbons (Fsp3) is 0.0500. The predicted octanol–water partition coefficient (Wildman–Crippen LogP) is 4.23. The second kappa shape index (κ2) is 8.70. The third-order valence-electron chi connectivity index (χ3n) is 3.63. The maximum absolute atomic E-state index is 12.1. The molecule has 3 rings (SSSR count). The van der Waals surface area contributed by atoms with E-state index in [0.29, 0.717) is 22.9 Å². The molecule has 0 aliphatic rings. The number of ether oxygens (including phenoxy) is 1. The molecule has 3 aromatic rings. The highest BCUT2D eigenvalue weighted by Gasteiger charge is 2.11. The number of nitrogens with zero attached hydrogens (tertiary/aromatic N) is 1. The minimum atomic E-state index is -3.69. The van der Waals surface area contributed by atoms with E-state index in [-0.39, 0.29) is 4.90 Å². The van der Waals surface area contributed by atoms with Crippen LogP contribution in [0.2, 0.25) is 5.02 Å². The smallest absolute Gasteiger partial charge is 0.276 e. The van der Waals surface area contributed by atoms with E-state index in [1.54, 1.807) is 36.4 Å². The van der Waals surface area contributed by atoms with Crippen molar-refractivity contribution in [2.45, 2.75) is 11.5 Å². The highest BCUT2D eigenvalue weighted by molar-refractivity contribution is 7.89. The van der Waals surface area contributed by atoms with Gasteiger partial charge in [0.1, 0.15) is 12.4 Å². The standard InChI is InChI=1S/C20H17ClN2O3S/c21-19-13-17(11-12-20(19)26-15-16-7-3-1-4-8-16)14-22-23-27(24,25)18-9-5-2-6-10-18/h1-14,23H,15H2. The Hall–Kier alpha value is -2.83. The van der Waals surface area contributed by atoms with Gasteiger partial charge in [0.2, 0.25) is 0 Å². The van der Waals surface area contributed by atoms with Crippen molar-refractivity contribution in [1.82, 2.24) is 4.83 Å². The predicted molar refractivity (Wildman–Crippen MR) is 107 cm³/mol. The van der Waals surface area contributed by atoms with Gasteiger partial charge in [-0.25, -0.2) is 4.83 Å². The van der Waals surface area contributed by atoms with E-state index in [1.807, 2.05) is 30.3 Å². The highest BCUT2D eigenvalue weighted by Crippen LogP contribution is 2.25. The van der Waals surface area contributed by atoms with Crippen molar-refractivity contribution in [3.8, 4) is 5.75 Å². The van der Waals surface area contributed by atoms with Crippen molar-refractivity contribution in [3.63, 3.8) is 0 Å². The van der Waals surface area contributed by atoms with Crippen LogP contribution in [0.15, 0.2) is 88.9 Å². The number of rotatable bonds is 7. The number of hydrazone groups is 1. The zero-order valence-electron chi connectivity index (χ0n) is 14.2. The molecule has 5 nitrogen and oxygen atoms in total. The molecule has 7 heteroatoms. The van der Waals surface area contributed by atoms with E-state index in [0.717, 1.165) is 5.56 Å². The summed E-state index contributed by atoms with van der Waals surface area (Å²) in [5.74, 6) is 0.544. The third kappa shape index (κ3) is 5.32. The average Bonchev–Trinajstić information content (AvgIpc) is 2.69. The Morgan fingerprint density at radius 3 is 2.30 bits per heavy atom. The Bertz CT molecular complexity index is 1020. The Kier molecular flexibility index (Phi) is 6.11. The summed E-state index contributed by atoms with van der Waals surface area (Å²) in [7, 11) is -3.69. The molecule has 3 aromatic carbocycles. The summed E-state index contributed by atoms with van der Waals surface area (Å²) in [4.78, 5) is 2.32. The molecule has 1 N–H and O–H groups in total. The van der Waals surface area contributed by atoms with Gasteiger partial charge in [-0.15, -0.1) is 0 Å². The summed E-state index contributed by atoms with van der Waals surface area (Å²) in [6.07, 6.45) is 1.38. The van der Waals surface area contributed by atoms with Crippen LogP contribution in [0, 0.1) is 0 Å². The van der Waals surface area contributed by atoms with Gasteiger partial charge < -0.3 is 4.74 Å². The first-order chi connectivity index (χ1) is 13.0. The highest BCUT2D eigenvalue weighted by atomic mass is 35.5. The minimum Gasteiger partial charge on any atom is -0.487 e. The number of halogens is 1. The van der Waals surface area contributed by atoms with Crippen molar-refractivity contribution in [3.05, 3.63) is 95.0 Å². The molecular formula is C20H17ClN2O3S. The fourth-order valence-electron chi connectivity index (χ4n) is 2.27. The molecule has 0 unspecified atom stereocenters. The number of hydrogen-bond acceptors (Lipinski definition) is 4. The molecule has 0 saturated carbocycles. The van der Waals surface area contributed by atoms with Crippen molar-refractivity contribution in [2.24, 2.45) is 5.10 Å². The summed E-state index contributed by atoms with van der Waals surface area (Å²) >= 11 is 6.24. The number of sulfonamides is 1. The van der Waals surface area contributed by atoms with Crippen molar-refractivity contribution in [2.75, 3.05) is 0 Å². The summed E-state index contributed by atoms with van der Waals surface area (Å²) in [6, 6.07) is 22.9. The maximum atomic E-state index is 12.1. The second-order valence-corrected chi connectivity index (χ2v) is 7.70. The lowest BCUT2D eigenvalue weighted by Crippen LogP contribution is -2.18. The molecule has 0 fully saturated rings. The quantitative estimate of drug-likeness (QED) is 0.476. The normalized spacial score (nSPS) is 11.4. The molecule has 0 spiro atoms. The molecule has 0 radical (unpaired) electrons. The third-order valence-corrected chi connectivity index (χ3v) is 5.17. The fourth-order valence-corrected chi connectivity index (χ4v) is 3.33. The van der Waals surface area contributed by atoms with Crippen LogP contribution in [0.4, 0.5) is 0 Å². The van der Waals surface area contributed by atoms with Gasteiger partial charge in [-0.2, -0.15) is 13.5 Å². The molecule has 0 heterocycles. The molecule has 0 aliphatic carbocycles.